The first kappa shape index (κ1) is 33.3. The summed E-state index contributed by atoms with van der Waals surface area (Å²) in [6, 6.07) is 12.2. The van der Waals surface area contributed by atoms with E-state index < -0.39 is 29.5 Å². The van der Waals surface area contributed by atoms with Gasteiger partial charge in [-0.2, -0.15) is 0 Å². The summed E-state index contributed by atoms with van der Waals surface area (Å²) in [4.78, 5) is 39.9. The Morgan fingerprint density at radius 1 is 1.15 bits per heavy atom. The van der Waals surface area contributed by atoms with Crippen LogP contribution in [-0.2, 0) is 9.59 Å². The van der Waals surface area contributed by atoms with E-state index >= 15 is 0 Å². The number of amides is 2. The lowest BCUT2D eigenvalue weighted by Crippen LogP contribution is -2.53. The summed E-state index contributed by atoms with van der Waals surface area (Å²) in [5.41, 5.74) is 8.30. The van der Waals surface area contributed by atoms with Gasteiger partial charge in [-0.05, 0) is 49.6 Å². The fourth-order valence-electron chi connectivity index (χ4n) is 5.82. The highest BCUT2D eigenvalue weighted by Gasteiger charge is 2.45. The third kappa shape index (κ3) is 7.00. The van der Waals surface area contributed by atoms with E-state index in [1.807, 2.05) is 32.2 Å². The van der Waals surface area contributed by atoms with Crippen molar-refractivity contribution < 1.29 is 19.1 Å². The largest absolute Gasteiger partial charge is 0.494 e. The number of hydrogen-bond donors (Lipinski definition) is 2. The summed E-state index contributed by atoms with van der Waals surface area (Å²) in [5.74, 6) is 0.0795. The predicted molar refractivity (Wildman–Crippen MR) is 185 cm³/mol. The molecule has 2 aromatic carbocycles. The van der Waals surface area contributed by atoms with Gasteiger partial charge in [0.15, 0.2) is 5.13 Å². The maximum absolute atomic E-state index is 14.2. The number of pyridine rings is 1. The highest BCUT2D eigenvalue weighted by molar-refractivity contribution is 7.14. The molecule has 1 aliphatic rings. The Morgan fingerprint density at radius 2 is 1.87 bits per heavy atom. The van der Waals surface area contributed by atoms with Crippen LogP contribution in [0, 0.1) is 5.41 Å². The number of carbonyl (C=O) groups is 2. The van der Waals surface area contributed by atoms with E-state index in [0.717, 1.165) is 35.4 Å². The van der Waals surface area contributed by atoms with E-state index in [1.54, 1.807) is 25.4 Å². The number of carbonyl (C=O) groups excluding carboxylic acids is 2. The number of benzene rings is 2. The molecule has 5 rings (SSSR count). The molecule has 3 N–H and O–H groups in total. The minimum atomic E-state index is -0.839. The second kappa shape index (κ2) is 13.7. The average molecular weight is 665 g/mol. The van der Waals surface area contributed by atoms with E-state index in [2.05, 4.69) is 53.3 Å². The van der Waals surface area contributed by atoms with Crippen LogP contribution in [0.3, 0.4) is 0 Å². The monoisotopic (exact) mass is 664 g/mol. The van der Waals surface area contributed by atoms with Crippen molar-refractivity contribution in [2.24, 2.45) is 11.1 Å². The number of hydrogen-bond acceptors (Lipinski definition) is 9. The van der Waals surface area contributed by atoms with Crippen molar-refractivity contribution in [1.82, 2.24) is 14.9 Å². The summed E-state index contributed by atoms with van der Waals surface area (Å²) in [6.45, 7) is 12.2. The lowest BCUT2D eigenvalue weighted by molar-refractivity contribution is -0.139. The molecular formula is C34H41ClN6O4S. The molecule has 0 saturated carbocycles. The molecule has 0 spiro atoms. The lowest BCUT2D eigenvalue weighted by atomic mass is 9.85. The van der Waals surface area contributed by atoms with Crippen molar-refractivity contribution in [3.8, 4) is 22.9 Å². The van der Waals surface area contributed by atoms with E-state index in [9.17, 15) is 9.59 Å². The third-order valence-corrected chi connectivity index (χ3v) is 9.33. The number of halogens is 1. The normalized spacial score (nSPS) is 17.2. The molecule has 10 nitrogen and oxygen atoms in total. The molecule has 1 aliphatic heterocycles. The predicted octanol–water partition coefficient (Wildman–Crippen LogP) is 6.23. The third-order valence-electron chi connectivity index (χ3n) is 8.33. The number of nitrogens with one attached hydrogen (secondary N) is 1. The van der Waals surface area contributed by atoms with Crippen molar-refractivity contribution in [3.05, 3.63) is 59.1 Å². The minimum Gasteiger partial charge on any atom is -0.494 e. The van der Waals surface area contributed by atoms with Gasteiger partial charge in [-0.1, -0.05) is 44.5 Å². The van der Waals surface area contributed by atoms with Gasteiger partial charge in [-0.3, -0.25) is 9.59 Å². The second-order valence-electron chi connectivity index (χ2n) is 12.4. The molecule has 0 radical (unpaired) electrons. The van der Waals surface area contributed by atoms with Gasteiger partial charge in [-0.15, -0.1) is 11.3 Å². The molecule has 2 aromatic heterocycles. The van der Waals surface area contributed by atoms with Gasteiger partial charge in [0.25, 0.3) is 0 Å². The van der Waals surface area contributed by atoms with E-state index in [4.69, 9.17) is 31.8 Å². The van der Waals surface area contributed by atoms with Crippen molar-refractivity contribution in [3.63, 3.8) is 0 Å². The quantitative estimate of drug-likeness (QED) is 0.194. The van der Waals surface area contributed by atoms with Crippen LogP contribution in [0.15, 0.2) is 54.0 Å². The zero-order valence-electron chi connectivity index (χ0n) is 27.0. The highest BCUT2D eigenvalue weighted by atomic mass is 35.5. The topological polar surface area (TPSA) is 123 Å². The number of primary amides is 1. The standard InChI is InChI=1S/C34H41ClN6O4S/c1-7-40(8-2)22-12-9-20(10-13-22)26-19-46-33(38-26)39-29(34(3,4)5)32(43)41-18-23(16-27(41)30(36)42)45-31-25-15-21(35)11-14-24(25)28(44-6)17-37-31/h9-15,17,19,23,27,29H,7-8,16,18H2,1-6H3,(H2,36,42)(H,38,39)/t23-,27+,29-/m1/s1. The maximum Gasteiger partial charge on any atom is 0.246 e. The number of nitrogens with zero attached hydrogens (tertiary/aromatic N) is 4. The fraction of sp³-hybridized carbons (Fsp3) is 0.412. The summed E-state index contributed by atoms with van der Waals surface area (Å²) in [6.07, 6.45) is 1.30. The molecule has 1 saturated heterocycles. The number of aromatic nitrogens is 2. The number of likely N-dealkylation sites (tertiary alicyclic amines) is 1. The van der Waals surface area contributed by atoms with Crippen LogP contribution in [0.5, 0.6) is 11.6 Å². The fourth-order valence-corrected chi connectivity index (χ4v) is 6.74. The number of rotatable bonds is 11. The van der Waals surface area contributed by atoms with Crippen LogP contribution in [0.2, 0.25) is 5.02 Å². The number of ether oxygens (including phenoxy) is 2. The molecule has 0 unspecified atom stereocenters. The van der Waals surface area contributed by atoms with Crippen LogP contribution in [0.1, 0.15) is 41.0 Å². The smallest absolute Gasteiger partial charge is 0.246 e. The summed E-state index contributed by atoms with van der Waals surface area (Å²) >= 11 is 7.72. The second-order valence-corrected chi connectivity index (χ2v) is 13.7. The molecule has 3 atom stereocenters. The van der Waals surface area contributed by atoms with E-state index in [0.29, 0.717) is 27.2 Å². The van der Waals surface area contributed by atoms with Crippen molar-refractivity contribution in [2.45, 2.75) is 59.2 Å². The van der Waals surface area contributed by atoms with Gasteiger partial charge in [0.1, 0.15) is 23.9 Å². The highest BCUT2D eigenvalue weighted by Crippen LogP contribution is 2.36. The molecule has 4 aromatic rings. The first-order chi connectivity index (χ1) is 21.9. The van der Waals surface area contributed by atoms with Crippen molar-refractivity contribution in [1.29, 1.82) is 0 Å². The Morgan fingerprint density at radius 3 is 2.50 bits per heavy atom. The Bertz CT molecular complexity index is 1700. The molecule has 1 fully saturated rings. The molecule has 46 heavy (non-hydrogen) atoms. The average Bonchev–Trinajstić information content (AvgIpc) is 3.68. The number of anilines is 2. The molecule has 12 heteroatoms. The molecule has 0 bridgehead atoms. The van der Waals surface area contributed by atoms with E-state index in [-0.39, 0.29) is 18.9 Å². The Balaban J connectivity index is 1.35. The van der Waals surface area contributed by atoms with Crippen LogP contribution in [0.4, 0.5) is 10.8 Å². The zero-order chi connectivity index (χ0) is 33.2. The molecule has 3 heterocycles. The zero-order valence-corrected chi connectivity index (χ0v) is 28.6. The van der Waals surface area contributed by atoms with Gasteiger partial charge in [-0.25, -0.2) is 9.97 Å². The minimum absolute atomic E-state index is 0.165. The molecular weight excluding hydrogens is 624 g/mol. The number of thiazole rings is 1. The van der Waals surface area contributed by atoms with Gasteiger partial charge >= 0.3 is 0 Å². The molecule has 244 valence electrons. The van der Waals surface area contributed by atoms with E-state index in [1.165, 1.54) is 16.2 Å². The maximum atomic E-state index is 14.2. The van der Waals surface area contributed by atoms with Gasteiger partial charge in [0.2, 0.25) is 17.7 Å². The van der Waals surface area contributed by atoms with Crippen molar-refractivity contribution in [2.75, 3.05) is 37.0 Å². The first-order valence-corrected chi connectivity index (χ1v) is 16.6. The van der Waals surface area contributed by atoms with Gasteiger partial charge < -0.3 is 30.3 Å². The molecule has 0 aliphatic carbocycles. The van der Waals surface area contributed by atoms with Crippen LogP contribution in [-0.4, -0.2) is 71.6 Å². The Labute approximate surface area is 278 Å². The number of methoxy groups -OCH3 is 1. The molecule has 2 amide bonds. The van der Waals surface area contributed by atoms with Crippen LogP contribution in [0.25, 0.3) is 22.0 Å². The number of fused-ring (bicyclic) bond motifs is 1. The van der Waals surface area contributed by atoms with Crippen LogP contribution < -0.4 is 25.4 Å². The first-order valence-electron chi connectivity index (χ1n) is 15.4. The summed E-state index contributed by atoms with van der Waals surface area (Å²) < 4.78 is 11.8. The van der Waals surface area contributed by atoms with Crippen LogP contribution >= 0.6 is 22.9 Å². The Hall–Kier alpha value is -4.09. The number of nitrogens with two attached hydrogens (primary N) is 1. The summed E-state index contributed by atoms with van der Waals surface area (Å²) in [5, 5.41) is 7.94. The Kier molecular flexibility index (Phi) is 9.93. The van der Waals surface area contributed by atoms with Gasteiger partial charge in [0, 0.05) is 51.9 Å². The summed E-state index contributed by atoms with van der Waals surface area (Å²) in [7, 11) is 1.57. The van der Waals surface area contributed by atoms with Gasteiger partial charge in [0.05, 0.1) is 25.5 Å². The lowest BCUT2D eigenvalue weighted by Gasteiger charge is -2.34. The SMILES string of the molecule is CCN(CC)c1ccc(-c2csc(N[C@H](C(=O)N3C[C@H](Oc4ncc(OC)c5ccc(Cl)cc45)C[C@H]3C(N)=O)C(C)(C)C)n2)cc1. The van der Waals surface area contributed by atoms with Crippen molar-refractivity contribution >= 4 is 56.3 Å².